The number of allylic oxidation sites excluding steroid dienone is 18. The Balaban J connectivity index is 4.06. The number of amides is 1. The third kappa shape index (κ3) is 40.9. The van der Waals surface area contributed by atoms with Gasteiger partial charge in [0.15, 0.2) is 6.04 Å². The lowest BCUT2D eigenvalue weighted by Gasteiger charge is -2.18. The lowest BCUT2D eigenvalue weighted by molar-refractivity contribution is -0.147. The number of phosphoric acid groups is 1. The number of unbranched alkanes of at least 4 members (excludes halogenated alkanes) is 7. The van der Waals surface area contributed by atoms with Crippen molar-refractivity contribution in [1.82, 2.24) is 5.32 Å². The van der Waals surface area contributed by atoms with E-state index in [2.05, 4.69) is 116 Å². The van der Waals surface area contributed by atoms with Crippen LogP contribution >= 0.6 is 7.82 Å². The van der Waals surface area contributed by atoms with Crippen molar-refractivity contribution in [2.45, 2.75) is 154 Å². The first-order chi connectivity index (χ1) is 29.1. The number of carbonyl (C=O) groups excluding carboxylic acids is 2. The van der Waals surface area contributed by atoms with Crippen molar-refractivity contribution in [1.29, 1.82) is 0 Å². The third-order valence-corrected chi connectivity index (χ3v) is 9.48. The second-order valence-electron chi connectivity index (χ2n) is 14.1. The molecule has 4 N–H and O–H groups in total. The first-order valence-electron chi connectivity index (χ1n) is 21.9. The van der Waals surface area contributed by atoms with Crippen LogP contribution in [-0.4, -0.2) is 64.9 Å². The number of nitrogens with one attached hydrogen (secondary N) is 1. The fraction of sp³-hybridized carbons (Fsp3) is 0.562. The minimum Gasteiger partial charge on any atom is -0.480 e. The molecular formula is C48H76NO10P. The summed E-state index contributed by atoms with van der Waals surface area (Å²) in [6, 6.07) is -1.59. The van der Waals surface area contributed by atoms with Crippen molar-refractivity contribution in [2.24, 2.45) is 0 Å². The number of hydrogen-bond acceptors (Lipinski definition) is 8. The van der Waals surface area contributed by atoms with E-state index >= 15 is 0 Å². The van der Waals surface area contributed by atoms with E-state index in [-0.39, 0.29) is 12.8 Å². The van der Waals surface area contributed by atoms with Crippen LogP contribution in [0.5, 0.6) is 0 Å². The first kappa shape index (κ1) is 56.1. The summed E-state index contributed by atoms with van der Waals surface area (Å²) in [7, 11) is -4.78. The maximum absolute atomic E-state index is 12.3. The van der Waals surface area contributed by atoms with E-state index in [9.17, 15) is 34.1 Å². The van der Waals surface area contributed by atoms with Gasteiger partial charge in [0, 0.05) is 12.8 Å². The third-order valence-electron chi connectivity index (χ3n) is 8.53. The van der Waals surface area contributed by atoms with Crippen molar-refractivity contribution < 1.29 is 47.8 Å². The summed E-state index contributed by atoms with van der Waals surface area (Å²) in [6.07, 6.45) is 54.1. The number of aliphatic carboxylic acids is 1. The summed E-state index contributed by atoms with van der Waals surface area (Å²) in [5, 5.41) is 21.8. The molecule has 338 valence electrons. The van der Waals surface area contributed by atoms with Gasteiger partial charge in [-0.2, -0.15) is 0 Å². The van der Waals surface area contributed by atoms with E-state index in [1.165, 1.54) is 0 Å². The fourth-order valence-electron chi connectivity index (χ4n) is 5.16. The number of esters is 1. The molecule has 1 amide bonds. The smallest absolute Gasteiger partial charge is 0.472 e. The highest BCUT2D eigenvalue weighted by molar-refractivity contribution is 7.47. The number of phosphoric ester groups is 1. The van der Waals surface area contributed by atoms with Gasteiger partial charge in [0.1, 0.15) is 12.7 Å². The van der Waals surface area contributed by atoms with Gasteiger partial charge in [-0.05, 0) is 89.9 Å². The fourth-order valence-corrected chi connectivity index (χ4v) is 5.94. The largest absolute Gasteiger partial charge is 0.480 e. The van der Waals surface area contributed by atoms with Gasteiger partial charge in [-0.1, -0.05) is 149 Å². The summed E-state index contributed by atoms with van der Waals surface area (Å²) in [5.74, 6) is -2.49. The molecule has 0 radical (unpaired) electrons. The van der Waals surface area contributed by atoms with E-state index in [0.717, 1.165) is 96.3 Å². The van der Waals surface area contributed by atoms with Crippen molar-refractivity contribution in [3.05, 3.63) is 109 Å². The number of carbonyl (C=O) groups is 3. The predicted octanol–water partition coefficient (Wildman–Crippen LogP) is 11.4. The summed E-state index contributed by atoms with van der Waals surface area (Å²) < 4.78 is 26.8. The predicted molar refractivity (Wildman–Crippen MR) is 244 cm³/mol. The van der Waals surface area contributed by atoms with Crippen LogP contribution in [0.25, 0.3) is 0 Å². The molecule has 0 saturated heterocycles. The van der Waals surface area contributed by atoms with Gasteiger partial charge in [0.25, 0.3) is 0 Å². The first-order valence-corrected chi connectivity index (χ1v) is 23.4. The number of rotatable bonds is 39. The quantitative estimate of drug-likeness (QED) is 0.0202. The topological polar surface area (TPSA) is 169 Å². The molecule has 12 heteroatoms. The number of carboxylic acids is 1. The van der Waals surface area contributed by atoms with Crippen LogP contribution in [0.3, 0.4) is 0 Å². The number of hydrogen-bond donors (Lipinski definition) is 4. The maximum Gasteiger partial charge on any atom is 0.472 e. The molecule has 60 heavy (non-hydrogen) atoms. The molecule has 0 aromatic carbocycles. The SMILES string of the molecule is CC/C=C\C/C=C\C/C=C\C/C=C\C/C=C\C/C=C\C/C=C\CCCC(=O)NC(COP(=O)(O)OCC(O)COC(=O)CCCCCCC/C=C\C/C=C\CCC)C(=O)O. The van der Waals surface area contributed by atoms with E-state index in [4.69, 9.17) is 13.8 Å². The maximum atomic E-state index is 12.3. The second-order valence-corrected chi connectivity index (χ2v) is 15.6. The number of carboxylic acid groups (broad SMARTS) is 1. The Bertz CT molecular complexity index is 1430. The van der Waals surface area contributed by atoms with E-state index in [1.54, 1.807) is 0 Å². The minimum absolute atomic E-state index is 0.0573. The van der Waals surface area contributed by atoms with Crippen LogP contribution < -0.4 is 5.32 Å². The van der Waals surface area contributed by atoms with Crippen LogP contribution in [0.1, 0.15) is 142 Å². The van der Waals surface area contributed by atoms with Crippen molar-refractivity contribution in [3.8, 4) is 0 Å². The Hall–Kier alpha value is -3.86. The molecule has 0 heterocycles. The Kier molecular flexibility index (Phi) is 39.2. The van der Waals surface area contributed by atoms with Gasteiger partial charge < -0.3 is 25.2 Å². The average molecular weight is 858 g/mol. The molecule has 0 spiro atoms. The Morgan fingerprint density at radius 3 is 1.48 bits per heavy atom. The zero-order valence-electron chi connectivity index (χ0n) is 36.5. The molecule has 11 nitrogen and oxygen atoms in total. The van der Waals surface area contributed by atoms with Crippen LogP contribution in [0, 0.1) is 0 Å². The molecule has 0 aliphatic heterocycles. The molecule has 0 fully saturated rings. The van der Waals surface area contributed by atoms with Crippen LogP contribution in [0.4, 0.5) is 0 Å². The zero-order chi connectivity index (χ0) is 44.2. The molecule has 0 aliphatic carbocycles. The van der Waals surface area contributed by atoms with Gasteiger partial charge in [-0.15, -0.1) is 0 Å². The van der Waals surface area contributed by atoms with Gasteiger partial charge in [0.05, 0.1) is 13.2 Å². The van der Waals surface area contributed by atoms with Crippen molar-refractivity contribution >= 4 is 25.7 Å². The Labute approximate surface area is 361 Å². The Morgan fingerprint density at radius 2 is 0.983 bits per heavy atom. The number of aliphatic hydroxyl groups excluding tert-OH is 1. The average Bonchev–Trinajstić information content (AvgIpc) is 3.22. The summed E-state index contributed by atoms with van der Waals surface area (Å²) in [5.41, 5.74) is 0. The molecule has 0 aliphatic rings. The lowest BCUT2D eigenvalue weighted by Crippen LogP contribution is -2.43. The standard InChI is InChI=1S/C48H76NO10P/c1-3-5-7-9-11-13-15-17-18-19-20-21-22-23-24-25-26-28-29-31-33-35-37-39-46(51)49-45(48(53)54)43-59-60(55,56)58-42-44(50)41-57-47(52)40-38-36-34-32-30-27-16-14-12-10-8-6-4-2/h5,7-8,10-11,13-14,16-18,20-21,23-24,26,28,31,33,44-45,50H,3-4,6,9,12,15,19,22,25,27,29-30,32,34-43H2,1-2H3,(H,49,51)(H,53,54)(H,55,56)/b7-5-,10-8-,13-11-,16-14-,18-17-,21-20-,24-23-,28-26-,33-31-. The highest BCUT2D eigenvalue weighted by atomic mass is 31.2. The lowest BCUT2D eigenvalue weighted by atomic mass is 10.1. The molecular weight excluding hydrogens is 781 g/mol. The summed E-state index contributed by atoms with van der Waals surface area (Å²) in [4.78, 5) is 45.9. The summed E-state index contributed by atoms with van der Waals surface area (Å²) in [6.45, 7) is 2.33. The van der Waals surface area contributed by atoms with Crippen LogP contribution in [-0.2, 0) is 32.7 Å². The molecule has 0 rings (SSSR count). The minimum atomic E-state index is -4.78. The zero-order valence-corrected chi connectivity index (χ0v) is 37.4. The van der Waals surface area contributed by atoms with Crippen LogP contribution in [0.15, 0.2) is 109 Å². The van der Waals surface area contributed by atoms with Gasteiger partial charge in [-0.25, -0.2) is 9.36 Å². The molecule has 3 unspecified atom stereocenters. The second kappa shape index (κ2) is 41.9. The molecule has 0 aromatic rings. The number of ether oxygens (including phenoxy) is 1. The Morgan fingerprint density at radius 1 is 0.550 bits per heavy atom. The van der Waals surface area contributed by atoms with Gasteiger partial charge in [0.2, 0.25) is 5.91 Å². The van der Waals surface area contributed by atoms with E-state index < -0.39 is 57.6 Å². The van der Waals surface area contributed by atoms with E-state index in [0.29, 0.717) is 19.3 Å². The van der Waals surface area contributed by atoms with Gasteiger partial charge >= 0.3 is 19.8 Å². The molecule has 0 aromatic heterocycles. The number of aliphatic hydroxyl groups is 1. The summed E-state index contributed by atoms with van der Waals surface area (Å²) >= 11 is 0. The van der Waals surface area contributed by atoms with E-state index in [1.807, 2.05) is 12.2 Å². The normalized spacial score (nSPS) is 14.7. The molecule has 0 bridgehead atoms. The van der Waals surface area contributed by atoms with Crippen LogP contribution in [0.2, 0.25) is 0 Å². The highest BCUT2D eigenvalue weighted by Crippen LogP contribution is 2.43. The molecule has 3 atom stereocenters. The van der Waals surface area contributed by atoms with Gasteiger partial charge in [-0.3, -0.25) is 18.6 Å². The van der Waals surface area contributed by atoms with Crippen molar-refractivity contribution in [3.63, 3.8) is 0 Å². The molecule has 0 saturated carbocycles. The van der Waals surface area contributed by atoms with Crippen molar-refractivity contribution in [2.75, 3.05) is 19.8 Å². The monoisotopic (exact) mass is 858 g/mol. The highest BCUT2D eigenvalue weighted by Gasteiger charge is 2.28.